The molecule has 0 saturated heterocycles. The van der Waals surface area contributed by atoms with Crippen molar-refractivity contribution in [2.45, 2.75) is 33.3 Å². The minimum atomic E-state index is -0.433. The molecule has 0 aliphatic rings. The standard InChI is InChI=1S/C18H20O2/c1-4-16(18(19)15-10-6-5-7-11-15)20-17-12-8-9-13(2)14(17)3/h5-12,16H,4H2,1-3H3. The Bertz CT molecular complexity index is 588. The fourth-order valence-electron chi connectivity index (χ4n) is 2.12. The molecule has 0 heterocycles. The van der Waals surface area contributed by atoms with Gasteiger partial charge in [-0.25, -0.2) is 0 Å². The van der Waals surface area contributed by atoms with Crippen LogP contribution in [0, 0.1) is 13.8 Å². The first kappa shape index (κ1) is 14.3. The lowest BCUT2D eigenvalue weighted by molar-refractivity contribution is 0.0785. The molecule has 0 saturated carbocycles. The van der Waals surface area contributed by atoms with Crippen LogP contribution in [0.5, 0.6) is 5.75 Å². The molecule has 2 rings (SSSR count). The Balaban J connectivity index is 2.21. The molecule has 0 radical (unpaired) electrons. The van der Waals surface area contributed by atoms with Crippen molar-refractivity contribution in [3.05, 3.63) is 65.2 Å². The van der Waals surface area contributed by atoms with E-state index >= 15 is 0 Å². The van der Waals surface area contributed by atoms with Gasteiger partial charge in [-0.05, 0) is 37.5 Å². The smallest absolute Gasteiger partial charge is 0.203 e. The molecule has 0 amide bonds. The summed E-state index contributed by atoms with van der Waals surface area (Å²) in [6.45, 7) is 6.03. The Morgan fingerprint density at radius 1 is 1.05 bits per heavy atom. The molecule has 1 unspecified atom stereocenters. The van der Waals surface area contributed by atoms with Crippen LogP contribution in [-0.2, 0) is 0 Å². The van der Waals surface area contributed by atoms with Gasteiger partial charge in [0.2, 0.25) is 5.78 Å². The van der Waals surface area contributed by atoms with Crippen molar-refractivity contribution < 1.29 is 9.53 Å². The molecule has 0 N–H and O–H groups in total. The van der Waals surface area contributed by atoms with E-state index in [1.54, 1.807) is 0 Å². The van der Waals surface area contributed by atoms with Gasteiger partial charge in [-0.15, -0.1) is 0 Å². The number of hydrogen-bond acceptors (Lipinski definition) is 2. The number of aryl methyl sites for hydroxylation is 1. The summed E-state index contributed by atoms with van der Waals surface area (Å²) in [5.74, 6) is 0.829. The second-order valence-corrected chi connectivity index (χ2v) is 4.94. The molecular weight excluding hydrogens is 248 g/mol. The van der Waals surface area contributed by atoms with E-state index in [1.807, 2.05) is 69.3 Å². The van der Waals surface area contributed by atoms with Crippen LogP contribution < -0.4 is 4.74 Å². The van der Waals surface area contributed by atoms with Crippen molar-refractivity contribution in [2.24, 2.45) is 0 Å². The van der Waals surface area contributed by atoms with Crippen LogP contribution in [-0.4, -0.2) is 11.9 Å². The molecule has 2 heteroatoms. The Morgan fingerprint density at radius 3 is 2.40 bits per heavy atom. The first-order valence-corrected chi connectivity index (χ1v) is 6.95. The SMILES string of the molecule is CCC(Oc1cccc(C)c1C)C(=O)c1ccccc1. The van der Waals surface area contributed by atoms with Crippen molar-refractivity contribution in [1.29, 1.82) is 0 Å². The maximum absolute atomic E-state index is 12.5. The zero-order valence-electron chi connectivity index (χ0n) is 12.2. The molecule has 0 aliphatic heterocycles. The van der Waals surface area contributed by atoms with E-state index in [1.165, 1.54) is 5.56 Å². The van der Waals surface area contributed by atoms with Gasteiger partial charge in [0.25, 0.3) is 0 Å². The lowest BCUT2D eigenvalue weighted by Gasteiger charge is -2.18. The number of carbonyl (C=O) groups is 1. The molecule has 2 aromatic carbocycles. The normalized spacial score (nSPS) is 11.9. The van der Waals surface area contributed by atoms with Gasteiger partial charge in [0.15, 0.2) is 6.10 Å². The molecule has 0 spiro atoms. The molecule has 0 aromatic heterocycles. The van der Waals surface area contributed by atoms with Gasteiger partial charge in [-0.1, -0.05) is 49.4 Å². The Morgan fingerprint density at radius 2 is 1.75 bits per heavy atom. The van der Waals surface area contributed by atoms with Crippen LogP contribution >= 0.6 is 0 Å². The zero-order chi connectivity index (χ0) is 14.5. The first-order valence-electron chi connectivity index (χ1n) is 6.95. The van der Waals surface area contributed by atoms with Gasteiger partial charge in [0.1, 0.15) is 5.75 Å². The van der Waals surface area contributed by atoms with Gasteiger partial charge < -0.3 is 4.74 Å². The van der Waals surface area contributed by atoms with Crippen molar-refractivity contribution in [2.75, 3.05) is 0 Å². The predicted molar refractivity (Wildman–Crippen MR) is 81.4 cm³/mol. The number of carbonyl (C=O) groups excluding carboxylic acids is 1. The van der Waals surface area contributed by atoms with Crippen LogP contribution in [0.25, 0.3) is 0 Å². The summed E-state index contributed by atoms with van der Waals surface area (Å²) < 4.78 is 5.94. The third kappa shape index (κ3) is 3.08. The van der Waals surface area contributed by atoms with Crippen LogP contribution in [0.1, 0.15) is 34.8 Å². The summed E-state index contributed by atoms with van der Waals surface area (Å²) in [4.78, 5) is 12.5. The summed E-state index contributed by atoms with van der Waals surface area (Å²) in [7, 11) is 0. The Hall–Kier alpha value is -2.09. The Kier molecular flexibility index (Phi) is 4.57. The molecule has 2 nitrogen and oxygen atoms in total. The largest absolute Gasteiger partial charge is 0.482 e. The van der Waals surface area contributed by atoms with E-state index in [-0.39, 0.29) is 5.78 Å². The number of ketones is 1. The van der Waals surface area contributed by atoms with E-state index in [0.29, 0.717) is 12.0 Å². The van der Waals surface area contributed by atoms with Crippen LogP contribution in [0.3, 0.4) is 0 Å². The number of benzene rings is 2. The molecule has 0 aliphatic carbocycles. The van der Waals surface area contributed by atoms with E-state index in [4.69, 9.17) is 4.74 Å². The molecule has 0 fully saturated rings. The summed E-state index contributed by atoms with van der Waals surface area (Å²) in [5, 5.41) is 0. The molecule has 2 aromatic rings. The van der Waals surface area contributed by atoms with E-state index in [2.05, 4.69) is 0 Å². The highest BCUT2D eigenvalue weighted by atomic mass is 16.5. The minimum Gasteiger partial charge on any atom is -0.482 e. The third-order valence-electron chi connectivity index (χ3n) is 3.55. The van der Waals surface area contributed by atoms with Gasteiger partial charge >= 0.3 is 0 Å². The highest BCUT2D eigenvalue weighted by molar-refractivity contribution is 5.99. The fraction of sp³-hybridized carbons (Fsp3) is 0.278. The Labute approximate surface area is 120 Å². The number of ether oxygens (including phenoxy) is 1. The van der Waals surface area contributed by atoms with Gasteiger partial charge in [-0.2, -0.15) is 0 Å². The first-order chi connectivity index (χ1) is 9.63. The quantitative estimate of drug-likeness (QED) is 0.754. The number of rotatable bonds is 5. The zero-order valence-corrected chi connectivity index (χ0v) is 12.2. The average molecular weight is 268 g/mol. The van der Waals surface area contributed by atoms with Crippen molar-refractivity contribution in [1.82, 2.24) is 0 Å². The fourth-order valence-corrected chi connectivity index (χ4v) is 2.12. The topological polar surface area (TPSA) is 26.3 Å². The highest BCUT2D eigenvalue weighted by Gasteiger charge is 2.20. The van der Waals surface area contributed by atoms with Crippen LogP contribution in [0.2, 0.25) is 0 Å². The van der Waals surface area contributed by atoms with Crippen LogP contribution in [0.4, 0.5) is 0 Å². The molecule has 104 valence electrons. The lowest BCUT2D eigenvalue weighted by Crippen LogP contribution is -2.27. The minimum absolute atomic E-state index is 0.0361. The predicted octanol–water partition coefficient (Wildman–Crippen LogP) is 4.34. The molecule has 1 atom stereocenters. The number of hydrogen-bond donors (Lipinski definition) is 0. The van der Waals surface area contributed by atoms with Gasteiger partial charge in [-0.3, -0.25) is 4.79 Å². The van der Waals surface area contributed by atoms with Crippen LogP contribution in [0.15, 0.2) is 48.5 Å². The second-order valence-electron chi connectivity index (χ2n) is 4.94. The number of Topliss-reactive ketones (excluding diaryl/α,β-unsaturated/α-hetero) is 1. The lowest BCUT2D eigenvalue weighted by atomic mass is 10.0. The highest BCUT2D eigenvalue weighted by Crippen LogP contribution is 2.23. The monoisotopic (exact) mass is 268 g/mol. The van der Waals surface area contributed by atoms with E-state index in [9.17, 15) is 4.79 Å². The molecular formula is C18H20O2. The van der Waals surface area contributed by atoms with Crippen molar-refractivity contribution >= 4 is 5.78 Å². The maximum Gasteiger partial charge on any atom is 0.203 e. The van der Waals surface area contributed by atoms with E-state index < -0.39 is 6.10 Å². The van der Waals surface area contributed by atoms with Gasteiger partial charge in [0, 0.05) is 5.56 Å². The average Bonchev–Trinajstić information content (AvgIpc) is 2.49. The van der Waals surface area contributed by atoms with E-state index in [0.717, 1.165) is 11.3 Å². The summed E-state index contributed by atoms with van der Waals surface area (Å²) in [5.41, 5.74) is 2.96. The van der Waals surface area contributed by atoms with Crippen molar-refractivity contribution in [3.63, 3.8) is 0 Å². The van der Waals surface area contributed by atoms with Crippen molar-refractivity contribution in [3.8, 4) is 5.75 Å². The third-order valence-corrected chi connectivity index (χ3v) is 3.55. The maximum atomic E-state index is 12.5. The molecule has 0 bridgehead atoms. The summed E-state index contributed by atoms with van der Waals surface area (Å²) in [6.07, 6.45) is 0.221. The molecule has 20 heavy (non-hydrogen) atoms. The summed E-state index contributed by atoms with van der Waals surface area (Å²) in [6, 6.07) is 15.2. The summed E-state index contributed by atoms with van der Waals surface area (Å²) >= 11 is 0. The second kappa shape index (κ2) is 6.38. The van der Waals surface area contributed by atoms with Gasteiger partial charge in [0.05, 0.1) is 0 Å².